The van der Waals surface area contributed by atoms with Crippen LogP contribution in [0.3, 0.4) is 0 Å². The van der Waals surface area contributed by atoms with E-state index in [2.05, 4.69) is 14.7 Å². The van der Waals surface area contributed by atoms with Gasteiger partial charge >= 0.3 is 12.1 Å². The second-order valence-electron chi connectivity index (χ2n) is 4.29. The standard InChI is InChI=1S/C16H10N2O4/c19-15(13-7-3-4-9-17-13)22-16(20)21-14-12-6-2-1-5-11(12)8-10-18-14/h1-10H. The molecule has 22 heavy (non-hydrogen) atoms. The molecule has 0 bridgehead atoms. The number of fused-ring (bicyclic) bond motifs is 1. The van der Waals surface area contributed by atoms with Gasteiger partial charge in [-0.1, -0.05) is 24.3 Å². The molecule has 2 aromatic heterocycles. The van der Waals surface area contributed by atoms with E-state index in [-0.39, 0.29) is 11.6 Å². The second-order valence-corrected chi connectivity index (χ2v) is 4.29. The van der Waals surface area contributed by atoms with Gasteiger partial charge in [0.1, 0.15) is 5.69 Å². The molecule has 0 spiro atoms. The molecule has 3 aromatic rings. The summed E-state index contributed by atoms with van der Waals surface area (Å²) in [6.07, 6.45) is 1.78. The predicted molar refractivity (Wildman–Crippen MR) is 77.4 cm³/mol. The van der Waals surface area contributed by atoms with Crippen molar-refractivity contribution < 1.29 is 19.1 Å². The molecule has 0 fully saturated rings. The van der Waals surface area contributed by atoms with Gasteiger partial charge in [-0.25, -0.2) is 19.6 Å². The predicted octanol–water partition coefficient (Wildman–Crippen LogP) is 2.99. The Labute approximate surface area is 125 Å². The van der Waals surface area contributed by atoms with Gasteiger partial charge in [0.25, 0.3) is 0 Å². The molecular formula is C16H10N2O4. The minimum absolute atomic E-state index is 0.0188. The van der Waals surface area contributed by atoms with Gasteiger partial charge in [0.15, 0.2) is 0 Å². The maximum absolute atomic E-state index is 11.7. The van der Waals surface area contributed by atoms with Crippen molar-refractivity contribution in [2.45, 2.75) is 0 Å². The SMILES string of the molecule is O=C(OC(=O)c1ccccn1)Oc1nccc2ccccc12. The minimum atomic E-state index is -1.15. The van der Waals surface area contributed by atoms with E-state index >= 15 is 0 Å². The lowest BCUT2D eigenvalue weighted by molar-refractivity contribution is 0.0521. The number of aromatic nitrogens is 2. The first-order chi connectivity index (χ1) is 10.7. The monoisotopic (exact) mass is 294 g/mol. The zero-order valence-corrected chi connectivity index (χ0v) is 11.3. The molecule has 6 heteroatoms. The number of pyridine rings is 2. The van der Waals surface area contributed by atoms with Crippen LogP contribution in [0.25, 0.3) is 10.8 Å². The van der Waals surface area contributed by atoms with Crippen LogP contribution in [-0.2, 0) is 4.74 Å². The van der Waals surface area contributed by atoms with E-state index in [1.54, 1.807) is 30.3 Å². The highest BCUT2D eigenvalue weighted by Gasteiger charge is 2.17. The molecule has 0 aliphatic rings. The van der Waals surface area contributed by atoms with Crippen LogP contribution in [0.2, 0.25) is 0 Å². The Bertz CT molecular complexity index is 828. The average molecular weight is 294 g/mol. The van der Waals surface area contributed by atoms with Crippen molar-refractivity contribution in [2.75, 3.05) is 0 Å². The van der Waals surface area contributed by atoms with E-state index in [1.807, 2.05) is 12.1 Å². The quantitative estimate of drug-likeness (QED) is 0.534. The summed E-state index contributed by atoms with van der Waals surface area (Å²) < 4.78 is 9.59. The van der Waals surface area contributed by atoms with E-state index in [4.69, 9.17) is 4.74 Å². The molecule has 0 saturated carbocycles. The van der Waals surface area contributed by atoms with E-state index in [0.29, 0.717) is 5.39 Å². The summed E-state index contributed by atoms with van der Waals surface area (Å²) in [5, 5.41) is 1.50. The minimum Gasteiger partial charge on any atom is -0.375 e. The Morgan fingerprint density at radius 3 is 2.50 bits per heavy atom. The van der Waals surface area contributed by atoms with Crippen molar-refractivity contribution in [1.29, 1.82) is 0 Å². The van der Waals surface area contributed by atoms with Gasteiger partial charge < -0.3 is 9.47 Å². The van der Waals surface area contributed by atoms with Crippen LogP contribution in [-0.4, -0.2) is 22.1 Å². The van der Waals surface area contributed by atoms with E-state index < -0.39 is 12.1 Å². The summed E-state index contributed by atoms with van der Waals surface area (Å²) >= 11 is 0. The number of rotatable bonds is 2. The van der Waals surface area contributed by atoms with Crippen molar-refractivity contribution in [2.24, 2.45) is 0 Å². The lowest BCUT2D eigenvalue weighted by atomic mass is 10.2. The fourth-order valence-electron chi connectivity index (χ4n) is 1.88. The van der Waals surface area contributed by atoms with Gasteiger partial charge in [0.05, 0.1) is 0 Å². The van der Waals surface area contributed by atoms with Gasteiger partial charge in [-0.2, -0.15) is 0 Å². The summed E-state index contributed by atoms with van der Waals surface area (Å²) in [6, 6.07) is 13.7. The topological polar surface area (TPSA) is 78.4 Å². The fraction of sp³-hybridized carbons (Fsp3) is 0. The van der Waals surface area contributed by atoms with Gasteiger partial charge in [0.2, 0.25) is 5.88 Å². The molecule has 0 unspecified atom stereocenters. The molecule has 1 aromatic carbocycles. The smallest absolute Gasteiger partial charge is 0.375 e. The van der Waals surface area contributed by atoms with Crippen LogP contribution in [0, 0.1) is 0 Å². The summed E-state index contributed by atoms with van der Waals surface area (Å²) in [4.78, 5) is 31.2. The maximum Gasteiger partial charge on any atom is 0.523 e. The first-order valence-corrected chi connectivity index (χ1v) is 6.43. The molecule has 0 radical (unpaired) electrons. The summed E-state index contributed by atoms with van der Waals surface area (Å²) in [5.74, 6) is -0.803. The highest BCUT2D eigenvalue weighted by molar-refractivity contribution is 5.95. The van der Waals surface area contributed by atoms with Crippen LogP contribution >= 0.6 is 0 Å². The molecule has 3 rings (SSSR count). The van der Waals surface area contributed by atoms with Gasteiger partial charge in [-0.05, 0) is 29.7 Å². The van der Waals surface area contributed by atoms with Crippen molar-refractivity contribution in [1.82, 2.24) is 9.97 Å². The van der Waals surface area contributed by atoms with Crippen molar-refractivity contribution in [3.8, 4) is 5.88 Å². The third-order valence-corrected chi connectivity index (χ3v) is 2.87. The van der Waals surface area contributed by atoms with E-state index in [9.17, 15) is 9.59 Å². The highest BCUT2D eigenvalue weighted by atomic mass is 16.7. The molecular weight excluding hydrogens is 284 g/mol. The van der Waals surface area contributed by atoms with Crippen LogP contribution in [0.5, 0.6) is 5.88 Å². The first-order valence-electron chi connectivity index (χ1n) is 6.43. The molecule has 0 atom stereocenters. The van der Waals surface area contributed by atoms with Crippen LogP contribution in [0.15, 0.2) is 60.9 Å². The normalized spacial score (nSPS) is 10.2. The highest BCUT2D eigenvalue weighted by Crippen LogP contribution is 2.22. The Kier molecular flexibility index (Phi) is 3.74. The van der Waals surface area contributed by atoms with Crippen molar-refractivity contribution in [3.05, 3.63) is 66.6 Å². The Morgan fingerprint density at radius 1 is 0.864 bits per heavy atom. The Hall–Kier alpha value is -3.28. The molecule has 0 N–H and O–H groups in total. The molecule has 0 saturated heterocycles. The number of carbonyl (C=O) groups is 2. The number of nitrogens with zero attached hydrogens (tertiary/aromatic N) is 2. The van der Waals surface area contributed by atoms with Crippen LogP contribution < -0.4 is 4.74 Å². The zero-order chi connectivity index (χ0) is 15.4. The summed E-state index contributed by atoms with van der Waals surface area (Å²) in [6.45, 7) is 0. The van der Waals surface area contributed by atoms with Crippen LogP contribution in [0.1, 0.15) is 10.5 Å². The first kappa shape index (κ1) is 13.7. The van der Waals surface area contributed by atoms with Gasteiger partial charge in [0, 0.05) is 17.8 Å². The largest absolute Gasteiger partial charge is 0.523 e. The number of benzene rings is 1. The molecule has 2 heterocycles. The van der Waals surface area contributed by atoms with Gasteiger partial charge in [-0.3, -0.25) is 0 Å². The Morgan fingerprint density at radius 2 is 1.68 bits per heavy atom. The number of hydrogen-bond acceptors (Lipinski definition) is 6. The third-order valence-electron chi connectivity index (χ3n) is 2.87. The van der Waals surface area contributed by atoms with Gasteiger partial charge in [-0.15, -0.1) is 0 Å². The second kappa shape index (κ2) is 6.01. The molecule has 0 aliphatic carbocycles. The van der Waals surface area contributed by atoms with E-state index in [1.165, 1.54) is 18.5 Å². The fourth-order valence-corrected chi connectivity index (χ4v) is 1.88. The number of carbonyl (C=O) groups excluding carboxylic acids is 2. The maximum atomic E-state index is 11.7. The molecule has 108 valence electrons. The summed E-state index contributed by atoms with van der Waals surface area (Å²) in [7, 11) is 0. The molecule has 6 nitrogen and oxygen atoms in total. The number of ether oxygens (including phenoxy) is 2. The zero-order valence-electron chi connectivity index (χ0n) is 11.3. The van der Waals surface area contributed by atoms with Crippen molar-refractivity contribution in [3.63, 3.8) is 0 Å². The number of hydrogen-bond donors (Lipinski definition) is 0. The van der Waals surface area contributed by atoms with E-state index in [0.717, 1.165) is 5.39 Å². The average Bonchev–Trinajstić information content (AvgIpc) is 2.56. The lowest BCUT2D eigenvalue weighted by Crippen LogP contribution is -2.17. The number of esters is 1. The molecule has 0 aliphatic heterocycles. The lowest BCUT2D eigenvalue weighted by Gasteiger charge is -2.06. The van der Waals surface area contributed by atoms with Crippen molar-refractivity contribution >= 4 is 22.9 Å². The Balaban J connectivity index is 1.75. The van der Waals surface area contributed by atoms with Crippen LogP contribution in [0.4, 0.5) is 4.79 Å². The summed E-state index contributed by atoms with van der Waals surface area (Å²) in [5.41, 5.74) is 0.0188. The third kappa shape index (κ3) is 2.90. The molecule has 0 amide bonds.